The molecule has 0 bridgehead atoms. The lowest BCUT2D eigenvalue weighted by Crippen LogP contribution is -2.06. The number of aromatic nitrogens is 5. The van der Waals surface area contributed by atoms with Gasteiger partial charge in [0.15, 0.2) is 5.82 Å². The van der Waals surface area contributed by atoms with Crippen molar-refractivity contribution in [1.29, 1.82) is 0 Å². The first-order valence-electron chi connectivity index (χ1n) is 7.20. The van der Waals surface area contributed by atoms with Crippen LogP contribution in [-0.4, -0.2) is 25.0 Å². The predicted molar refractivity (Wildman–Crippen MR) is 82.6 cm³/mol. The van der Waals surface area contributed by atoms with Gasteiger partial charge in [-0.2, -0.15) is 5.10 Å². The Morgan fingerprint density at radius 3 is 2.55 bits per heavy atom. The molecule has 0 spiro atoms. The molecular weight excluding hydrogens is 302 g/mol. The normalized spacial score (nSPS) is 11.0. The van der Waals surface area contributed by atoms with E-state index in [1.165, 1.54) is 0 Å². The maximum Gasteiger partial charge on any atom is 0.247 e. The van der Waals surface area contributed by atoms with Crippen LogP contribution >= 0.6 is 11.6 Å². The van der Waals surface area contributed by atoms with Crippen LogP contribution in [0, 0.1) is 0 Å². The zero-order chi connectivity index (χ0) is 15.5. The van der Waals surface area contributed by atoms with Crippen LogP contribution in [0.25, 0.3) is 11.5 Å². The molecular formula is C15H16ClN5O. The van der Waals surface area contributed by atoms with Gasteiger partial charge in [0.25, 0.3) is 0 Å². The van der Waals surface area contributed by atoms with Crippen LogP contribution in [0.4, 0.5) is 0 Å². The van der Waals surface area contributed by atoms with E-state index in [1.54, 1.807) is 12.1 Å². The van der Waals surface area contributed by atoms with Gasteiger partial charge in [0.05, 0.1) is 0 Å². The molecule has 22 heavy (non-hydrogen) atoms. The summed E-state index contributed by atoms with van der Waals surface area (Å²) in [4.78, 5) is 4.47. The summed E-state index contributed by atoms with van der Waals surface area (Å²) in [5.74, 6) is 2.73. The summed E-state index contributed by atoms with van der Waals surface area (Å²) in [5.41, 5.74) is 0.840. The SMILES string of the molecule is CCc1nc(CC)n(Cc2nnc(-c3ccc(Cl)cc3)o2)n1. The van der Waals surface area contributed by atoms with Crippen molar-refractivity contribution in [1.82, 2.24) is 25.0 Å². The molecule has 1 aromatic carbocycles. The first-order chi connectivity index (χ1) is 10.7. The van der Waals surface area contributed by atoms with E-state index in [-0.39, 0.29) is 0 Å². The summed E-state index contributed by atoms with van der Waals surface area (Å²) in [6.45, 7) is 4.51. The lowest BCUT2D eigenvalue weighted by molar-refractivity contribution is 0.466. The van der Waals surface area contributed by atoms with Gasteiger partial charge in [-0.25, -0.2) is 9.67 Å². The third-order valence-corrected chi connectivity index (χ3v) is 3.52. The zero-order valence-electron chi connectivity index (χ0n) is 12.5. The number of rotatable bonds is 5. The van der Waals surface area contributed by atoms with Crippen molar-refractivity contribution in [3.05, 3.63) is 46.8 Å². The third kappa shape index (κ3) is 3.01. The number of hydrogen-bond acceptors (Lipinski definition) is 5. The summed E-state index contributed by atoms with van der Waals surface area (Å²) in [6.07, 6.45) is 1.62. The van der Waals surface area contributed by atoms with Gasteiger partial charge in [-0.1, -0.05) is 25.4 Å². The van der Waals surface area contributed by atoms with E-state index >= 15 is 0 Å². The van der Waals surface area contributed by atoms with E-state index in [1.807, 2.05) is 30.7 Å². The fourth-order valence-electron chi connectivity index (χ4n) is 2.12. The highest BCUT2D eigenvalue weighted by Gasteiger charge is 2.13. The monoisotopic (exact) mass is 317 g/mol. The highest BCUT2D eigenvalue weighted by atomic mass is 35.5. The Labute approximate surface area is 133 Å². The fraction of sp³-hybridized carbons (Fsp3) is 0.333. The Bertz CT molecular complexity index is 763. The summed E-state index contributed by atoms with van der Waals surface area (Å²) in [5, 5.41) is 13.3. The molecule has 0 amide bonds. The largest absolute Gasteiger partial charge is 0.419 e. The molecule has 0 saturated heterocycles. The minimum absolute atomic E-state index is 0.427. The maximum absolute atomic E-state index is 5.88. The van der Waals surface area contributed by atoms with E-state index in [4.69, 9.17) is 16.0 Å². The van der Waals surface area contributed by atoms with Crippen LogP contribution in [0.2, 0.25) is 5.02 Å². The molecule has 0 fully saturated rings. The summed E-state index contributed by atoms with van der Waals surface area (Å²) < 4.78 is 7.52. The molecule has 0 aliphatic carbocycles. The van der Waals surface area contributed by atoms with Crippen molar-refractivity contribution in [3.63, 3.8) is 0 Å². The average molecular weight is 318 g/mol. The van der Waals surface area contributed by atoms with Gasteiger partial charge < -0.3 is 4.42 Å². The van der Waals surface area contributed by atoms with Crippen LogP contribution in [0.1, 0.15) is 31.4 Å². The highest BCUT2D eigenvalue weighted by Crippen LogP contribution is 2.20. The average Bonchev–Trinajstić information content (AvgIpc) is 3.15. The molecule has 0 radical (unpaired) electrons. The second kappa shape index (κ2) is 6.27. The number of hydrogen-bond donors (Lipinski definition) is 0. The number of benzene rings is 1. The van der Waals surface area contributed by atoms with Gasteiger partial charge in [-0.05, 0) is 24.3 Å². The van der Waals surface area contributed by atoms with Crippen LogP contribution in [0.5, 0.6) is 0 Å². The van der Waals surface area contributed by atoms with Gasteiger partial charge in [0.1, 0.15) is 12.4 Å². The molecule has 3 rings (SSSR count). The first-order valence-corrected chi connectivity index (χ1v) is 7.58. The highest BCUT2D eigenvalue weighted by molar-refractivity contribution is 6.30. The van der Waals surface area contributed by atoms with Gasteiger partial charge >= 0.3 is 0 Å². The molecule has 0 unspecified atom stereocenters. The van der Waals surface area contributed by atoms with Crippen molar-refractivity contribution in [2.45, 2.75) is 33.2 Å². The topological polar surface area (TPSA) is 69.6 Å². The zero-order valence-corrected chi connectivity index (χ0v) is 13.2. The van der Waals surface area contributed by atoms with Gasteiger partial charge in [0, 0.05) is 23.4 Å². The molecule has 0 atom stereocenters. The Morgan fingerprint density at radius 2 is 1.86 bits per heavy atom. The van der Waals surface area contributed by atoms with Crippen LogP contribution < -0.4 is 0 Å². The first kappa shape index (κ1) is 14.7. The fourth-order valence-corrected chi connectivity index (χ4v) is 2.24. The standard InChI is InChI=1S/C15H16ClN5O/c1-3-12-17-13(4-2)21(20-12)9-14-18-19-15(22-14)10-5-7-11(16)8-6-10/h5-8H,3-4,9H2,1-2H3. The lowest BCUT2D eigenvalue weighted by Gasteiger charge is -1.99. The van der Waals surface area contributed by atoms with Crippen LogP contribution in [-0.2, 0) is 19.4 Å². The summed E-state index contributed by atoms with van der Waals surface area (Å²) >= 11 is 5.88. The quantitative estimate of drug-likeness (QED) is 0.723. The molecule has 0 aliphatic rings. The number of halogens is 1. The maximum atomic E-state index is 5.88. The van der Waals surface area contributed by atoms with Crippen LogP contribution in [0.15, 0.2) is 28.7 Å². The van der Waals surface area contributed by atoms with E-state index in [9.17, 15) is 0 Å². The van der Waals surface area contributed by atoms with Gasteiger partial charge in [0.2, 0.25) is 11.8 Å². The molecule has 3 aromatic rings. The molecule has 0 saturated carbocycles. The third-order valence-electron chi connectivity index (χ3n) is 3.27. The molecule has 0 N–H and O–H groups in total. The smallest absolute Gasteiger partial charge is 0.247 e. The van der Waals surface area contributed by atoms with Crippen molar-refractivity contribution >= 4 is 11.6 Å². The van der Waals surface area contributed by atoms with E-state index in [0.29, 0.717) is 23.3 Å². The predicted octanol–water partition coefficient (Wildman–Crippen LogP) is 3.15. The number of nitrogens with zero attached hydrogens (tertiary/aromatic N) is 5. The Balaban J connectivity index is 1.82. The van der Waals surface area contributed by atoms with Crippen molar-refractivity contribution in [3.8, 4) is 11.5 Å². The van der Waals surface area contributed by atoms with Crippen molar-refractivity contribution < 1.29 is 4.42 Å². The second-order valence-corrected chi connectivity index (χ2v) is 5.25. The minimum Gasteiger partial charge on any atom is -0.419 e. The van der Waals surface area contributed by atoms with Crippen molar-refractivity contribution in [2.24, 2.45) is 0 Å². The molecule has 6 nitrogen and oxygen atoms in total. The summed E-state index contributed by atoms with van der Waals surface area (Å²) in [7, 11) is 0. The van der Waals surface area contributed by atoms with Gasteiger partial charge in [-0.15, -0.1) is 10.2 Å². The minimum atomic E-state index is 0.427. The van der Waals surface area contributed by atoms with E-state index < -0.39 is 0 Å². The molecule has 2 aromatic heterocycles. The van der Waals surface area contributed by atoms with E-state index in [0.717, 1.165) is 30.1 Å². The van der Waals surface area contributed by atoms with Crippen LogP contribution in [0.3, 0.4) is 0 Å². The Hall–Kier alpha value is -2.21. The molecule has 7 heteroatoms. The summed E-state index contributed by atoms with van der Waals surface area (Å²) in [6, 6.07) is 7.28. The Morgan fingerprint density at radius 1 is 1.09 bits per heavy atom. The molecule has 0 aliphatic heterocycles. The van der Waals surface area contributed by atoms with Crippen molar-refractivity contribution in [2.75, 3.05) is 0 Å². The van der Waals surface area contributed by atoms with Gasteiger partial charge in [-0.3, -0.25) is 0 Å². The Kier molecular flexibility index (Phi) is 4.20. The molecule has 2 heterocycles. The lowest BCUT2D eigenvalue weighted by atomic mass is 10.2. The molecule has 114 valence electrons. The second-order valence-electron chi connectivity index (χ2n) is 4.82. The van der Waals surface area contributed by atoms with E-state index in [2.05, 4.69) is 20.3 Å². The number of aryl methyl sites for hydroxylation is 2.